The summed E-state index contributed by atoms with van der Waals surface area (Å²) in [7, 11) is 0. The average Bonchev–Trinajstić information content (AvgIpc) is 3.42. The smallest absolute Gasteiger partial charge is 0.259 e. The number of fused-ring (bicyclic) bond motifs is 1. The molecular weight excluding hydrogens is 529 g/mol. The van der Waals surface area contributed by atoms with Crippen LogP contribution in [0.2, 0.25) is 5.02 Å². The van der Waals surface area contributed by atoms with Crippen LogP contribution < -0.4 is 15.1 Å². The van der Waals surface area contributed by atoms with Gasteiger partial charge in [0.05, 0.1) is 21.8 Å². The van der Waals surface area contributed by atoms with E-state index in [1.54, 1.807) is 59.7 Å². The first kappa shape index (κ1) is 25.3. The number of carbonyl (C=O) groups is 2. The Balaban J connectivity index is 1.36. The number of anilines is 2. The van der Waals surface area contributed by atoms with E-state index in [-0.39, 0.29) is 39.6 Å². The molecule has 2 amide bonds. The molecule has 1 fully saturated rings. The van der Waals surface area contributed by atoms with Crippen molar-refractivity contribution in [2.75, 3.05) is 9.80 Å². The summed E-state index contributed by atoms with van der Waals surface area (Å²) in [4.78, 5) is 28.8. The third kappa shape index (κ3) is 4.23. The normalized spacial score (nSPS) is 14.7. The molecule has 0 saturated carbocycles. The van der Waals surface area contributed by atoms with Gasteiger partial charge >= 0.3 is 0 Å². The van der Waals surface area contributed by atoms with Gasteiger partial charge in [-0.3, -0.25) is 18.9 Å². The molecule has 2 aromatic heterocycles. The third-order valence-electron chi connectivity index (χ3n) is 6.29. The summed E-state index contributed by atoms with van der Waals surface area (Å²) in [5.41, 5.74) is 1.17. The zero-order valence-corrected chi connectivity index (χ0v) is 21.7. The lowest BCUT2D eigenvalue weighted by atomic mass is 10.0. The summed E-state index contributed by atoms with van der Waals surface area (Å²) < 4.78 is 16.8. The van der Waals surface area contributed by atoms with E-state index in [0.29, 0.717) is 22.6 Å². The Bertz CT molecular complexity index is 1680. The maximum absolute atomic E-state index is 15.2. The quantitative estimate of drug-likeness (QED) is 0.372. The number of nitriles is 1. The predicted octanol–water partition coefficient (Wildman–Crippen LogP) is 4.24. The van der Waals surface area contributed by atoms with Gasteiger partial charge in [0.1, 0.15) is 23.8 Å². The number of rotatable bonds is 5. The van der Waals surface area contributed by atoms with Crippen molar-refractivity contribution in [2.24, 2.45) is 0 Å². The number of aromatic nitrogens is 3. The van der Waals surface area contributed by atoms with E-state index in [0.717, 1.165) is 0 Å². The molecule has 190 valence electrons. The van der Waals surface area contributed by atoms with Gasteiger partial charge in [-0.05, 0) is 68.5 Å². The second-order valence-corrected chi connectivity index (χ2v) is 9.84. The Morgan fingerprint density at radius 2 is 1.95 bits per heavy atom. The molecule has 1 aliphatic heterocycles. The van der Waals surface area contributed by atoms with Crippen molar-refractivity contribution in [3.05, 3.63) is 88.6 Å². The molecule has 38 heavy (non-hydrogen) atoms. The van der Waals surface area contributed by atoms with Crippen molar-refractivity contribution in [3.63, 3.8) is 0 Å². The molecule has 1 saturated heterocycles. The first-order valence-electron chi connectivity index (χ1n) is 11.4. The molecule has 1 N–H and O–H groups in total. The number of amides is 2. The molecule has 12 heteroatoms. The molecule has 0 atom stereocenters. The highest BCUT2D eigenvalue weighted by Gasteiger charge is 2.50. The van der Waals surface area contributed by atoms with Crippen LogP contribution in [0, 0.1) is 17.1 Å². The molecular formula is C26H19ClFN7O2S. The number of benzene rings is 2. The van der Waals surface area contributed by atoms with Gasteiger partial charge in [0.25, 0.3) is 11.8 Å². The fourth-order valence-corrected chi connectivity index (χ4v) is 4.99. The van der Waals surface area contributed by atoms with Crippen LogP contribution >= 0.6 is 23.8 Å². The molecule has 0 radical (unpaired) electrons. The third-order valence-corrected chi connectivity index (χ3v) is 6.96. The van der Waals surface area contributed by atoms with E-state index in [4.69, 9.17) is 29.1 Å². The number of carbonyl (C=O) groups excluding carboxylic acids is 2. The number of nitrogens with zero attached hydrogens (tertiary/aromatic N) is 6. The highest BCUT2D eigenvalue weighted by molar-refractivity contribution is 7.81. The first-order chi connectivity index (χ1) is 18.1. The first-order valence-corrected chi connectivity index (χ1v) is 12.1. The van der Waals surface area contributed by atoms with Crippen molar-refractivity contribution < 1.29 is 14.0 Å². The van der Waals surface area contributed by atoms with Crippen LogP contribution in [-0.2, 0) is 11.3 Å². The largest absolute Gasteiger partial charge is 0.348 e. The van der Waals surface area contributed by atoms with Crippen molar-refractivity contribution in [2.45, 2.75) is 25.9 Å². The zero-order valence-electron chi connectivity index (χ0n) is 20.1. The summed E-state index contributed by atoms with van der Waals surface area (Å²) >= 11 is 11.8. The summed E-state index contributed by atoms with van der Waals surface area (Å²) in [5.74, 6) is -1.28. The minimum absolute atomic E-state index is 0.0478. The second-order valence-electron chi connectivity index (χ2n) is 9.07. The van der Waals surface area contributed by atoms with E-state index in [1.807, 2.05) is 6.07 Å². The highest BCUT2D eigenvalue weighted by Crippen LogP contribution is 2.37. The van der Waals surface area contributed by atoms with E-state index < -0.39 is 11.4 Å². The molecule has 5 rings (SSSR count). The Kier molecular flexibility index (Phi) is 6.30. The molecule has 0 bridgehead atoms. The van der Waals surface area contributed by atoms with E-state index in [9.17, 15) is 9.59 Å². The lowest BCUT2D eigenvalue weighted by Gasteiger charge is -2.29. The Morgan fingerprint density at radius 3 is 2.66 bits per heavy atom. The number of hydrogen-bond donors (Lipinski definition) is 1. The van der Waals surface area contributed by atoms with E-state index >= 15 is 4.39 Å². The Morgan fingerprint density at radius 1 is 1.18 bits per heavy atom. The maximum atomic E-state index is 15.2. The maximum Gasteiger partial charge on any atom is 0.259 e. The molecule has 2 aromatic carbocycles. The SMILES string of the molecule is CC1(C)C(=O)N(c2ccc(C#N)c(Cl)c2)C(=S)N1c1ccc(CNC(=O)c2ccc3nncn3c2)c(F)c1. The van der Waals surface area contributed by atoms with Crippen molar-refractivity contribution in [1.29, 1.82) is 5.26 Å². The summed E-state index contributed by atoms with van der Waals surface area (Å²) in [5, 5.41) is 19.9. The molecule has 0 unspecified atom stereocenters. The van der Waals surface area contributed by atoms with Gasteiger partial charge in [0, 0.05) is 24.0 Å². The van der Waals surface area contributed by atoms with Gasteiger partial charge in [-0.1, -0.05) is 17.7 Å². The minimum atomic E-state index is -1.12. The van der Waals surface area contributed by atoms with Gasteiger partial charge in [-0.2, -0.15) is 5.26 Å². The van der Waals surface area contributed by atoms with Crippen LogP contribution in [0.25, 0.3) is 5.65 Å². The van der Waals surface area contributed by atoms with Crippen LogP contribution in [0.15, 0.2) is 61.1 Å². The van der Waals surface area contributed by atoms with Crippen LogP contribution in [0.1, 0.15) is 35.3 Å². The van der Waals surface area contributed by atoms with Crippen molar-refractivity contribution >= 4 is 57.8 Å². The van der Waals surface area contributed by atoms with Gasteiger partial charge in [-0.25, -0.2) is 4.39 Å². The van der Waals surface area contributed by atoms with Gasteiger partial charge in [-0.15, -0.1) is 10.2 Å². The number of thiocarbonyl (C=S) groups is 1. The summed E-state index contributed by atoms with van der Waals surface area (Å²) in [6, 6.07) is 14.3. The molecule has 1 aliphatic rings. The Hall–Kier alpha value is -4.40. The standard InChI is InChI=1S/C26H19ClFN7O2S/c1-26(2)24(37)34(18-6-3-15(11-29)20(27)9-18)25(38)35(26)19-7-4-16(21(28)10-19)12-30-23(36)17-5-8-22-32-31-14-33(22)13-17/h3-10,13-14H,12H2,1-2H3,(H,30,36). The highest BCUT2D eigenvalue weighted by atomic mass is 35.5. The lowest BCUT2D eigenvalue weighted by molar-refractivity contribution is -0.120. The fraction of sp³-hybridized carbons (Fsp3) is 0.154. The lowest BCUT2D eigenvalue weighted by Crippen LogP contribution is -2.44. The van der Waals surface area contributed by atoms with Crippen LogP contribution in [-0.4, -0.2) is 37.1 Å². The molecule has 4 aromatic rings. The van der Waals surface area contributed by atoms with Crippen molar-refractivity contribution in [3.8, 4) is 6.07 Å². The van der Waals surface area contributed by atoms with Gasteiger partial charge in [0.2, 0.25) is 0 Å². The average molecular weight is 548 g/mol. The number of nitrogens with one attached hydrogen (secondary N) is 1. The van der Waals surface area contributed by atoms with Crippen LogP contribution in [0.5, 0.6) is 0 Å². The molecule has 0 aliphatic carbocycles. The Labute approximate surface area is 227 Å². The van der Waals surface area contributed by atoms with Crippen LogP contribution in [0.3, 0.4) is 0 Å². The predicted molar refractivity (Wildman–Crippen MR) is 143 cm³/mol. The number of pyridine rings is 1. The van der Waals surface area contributed by atoms with E-state index in [2.05, 4.69) is 15.5 Å². The number of halogens is 2. The van der Waals surface area contributed by atoms with Crippen molar-refractivity contribution in [1.82, 2.24) is 19.9 Å². The fourth-order valence-electron chi connectivity index (χ4n) is 4.25. The number of hydrogen-bond acceptors (Lipinski definition) is 6. The monoisotopic (exact) mass is 547 g/mol. The summed E-state index contributed by atoms with van der Waals surface area (Å²) in [6.45, 7) is 3.32. The summed E-state index contributed by atoms with van der Waals surface area (Å²) in [6.07, 6.45) is 3.07. The minimum Gasteiger partial charge on any atom is -0.348 e. The van der Waals surface area contributed by atoms with Crippen LogP contribution in [0.4, 0.5) is 15.8 Å². The second kappa shape index (κ2) is 9.48. The zero-order chi connectivity index (χ0) is 27.2. The van der Waals surface area contributed by atoms with Gasteiger partial charge < -0.3 is 10.2 Å². The van der Waals surface area contributed by atoms with Gasteiger partial charge in [0.15, 0.2) is 10.8 Å². The molecule has 0 spiro atoms. The topological polar surface area (TPSA) is 107 Å². The molecule has 3 heterocycles. The molecule has 9 nitrogen and oxygen atoms in total. The van der Waals surface area contributed by atoms with E-state index in [1.165, 1.54) is 29.4 Å².